The molecule has 0 saturated heterocycles. The lowest BCUT2D eigenvalue weighted by atomic mass is 9.52. The third kappa shape index (κ3) is 14.6. The van der Waals surface area contributed by atoms with Crippen LogP contribution in [0.25, 0.3) is 0 Å². The molecule has 0 heteroatoms. The standard InChI is InChI=1S/C11H18.C10H18.C9H16.2C9H14.2C9H16.C8H12/c1-7-10-3-8-2-9(5-10)6-11(7)4-8;1-8-9-4-2-5-10(8)7-3-6-9;3*1-7-6-8-2-4-9(7)5-3-8;1-7-5-8-3-2-4-9(7)6-8;1-7-5-6-8-3-2-4-9(7)8;1-6-4-7-2-3-8(6)5-7/h7-11H,2-6H2,1H3;8-10H,2-7H2,1H3;7-9H,2-6H2,1H3;2*2,4,7-9H,3,5-6H2,1H3;2*7-9H,2-6H2,1H3;2-3,6-8H,4-5H2,1H3. The van der Waals surface area contributed by atoms with Gasteiger partial charge in [-0.3, -0.25) is 0 Å². The van der Waals surface area contributed by atoms with Crippen LogP contribution >= 0.6 is 0 Å². The van der Waals surface area contributed by atoms with Gasteiger partial charge < -0.3 is 0 Å². The molecule has 16 saturated carbocycles. The van der Waals surface area contributed by atoms with Crippen molar-refractivity contribution >= 4 is 0 Å². The second-order valence-corrected chi connectivity index (χ2v) is 31.9. The zero-order valence-electron chi connectivity index (χ0n) is 50.5. The Morgan fingerprint density at radius 1 is 0.216 bits per heavy atom. The minimum Gasteiger partial charge on any atom is -0.0851 e. The Hall–Kier alpha value is -0.780. The van der Waals surface area contributed by atoms with E-state index in [2.05, 4.69) is 91.8 Å². The van der Waals surface area contributed by atoms with Gasteiger partial charge in [-0.1, -0.05) is 182 Å². The van der Waals surface area contributed by atoms with E-state index in [1.54, 1.807) is 103 Å². The van der Waals surface area contributed by atoms with E-state index in [-0.39, 0.29) is 0 Å². The molecule has 0 aromatic rings. The maximum Gasteiger partial charge on any atom is -0.0202 e. The van der Waals surface area contributed by atoms with Crippen LogP contribution in [0.5, 0.6) is 0 Å². The van der Waals surface area contributed by atoms with E-state index in [0.717, 1.165) is 154 Å². The lowest BCUT2D eigenvalue weighted by molar-refractivity contribution is -0.0282. The summed E-state index contributed by atoms with van der Waals surface area (Å²) in [5, 5.41) is 0. The Morgan fingerprint density at radius 2 is 0.662 bits per heavy atom. The molecule has 0 amide bonds. The number of rotatable bonds is 0. The molecule has 0 spiro atoms. The van der Waals surface area contributed by atoms with Gasteiger partial charge >= 0.3 is 0 Å². The van der Waals surface area contributed by atoms with Gasteiger partial charge in [0.25, 0.3) is 0 Å². The van der Waals surface area contributed by atoms with Crippen LogP contribution in [0.1, 0.15) is 274 Å². The van der Waals surface area contributed by atoms with Crippen molar-refractivity contribution < 1.29 is 0 Å². The molecule has 0 nitrogen and oxygen atoms in total. The molecule has 21 aliphatic rings. The highest BCUT2D eigenvalue weighted by molar-refractivity contribution is 5.09. The van der Waals surface area contributed by atoms with Crippen LogP contribution in [0, 0.1) is 154 Å². The van der Waals surface area contributed by atoms with Gasteiger partial charge in [0.15, 0.2) is 0 Å². The van der Waals surface area contributed by atoms with Gasteiger partial charge in [-0.05, 0) is 282 Å². The van der Waals surface area contributed by atoms with Crippen molar-refractivity contribution in [3.05, 3.63) is 36.5 Å². The SMILES string of the molecule is CC1C2CC3CC(C2)CC1C3.CC1C2CCCC1CCC2.CC1CC2C=CC1C2.CC1CC2C=CC1CC2.CC1CC2C=CC1CC2.CC1CC2CCC1CC2.CC1CC2CCCC1C2.CC1CCC2CCCC12. The summed E-state index contributed by atoms with van der Waals surface area (Å²) in [6.45, 7) is 19.5. The second-order valence-electron chi connectivity index (χ2n) is 31.9. The lowest BCUT2D eigenvalue weighted by Gasteiger charge is -2.53. The first kappa shape index (κ1) is 56.5. The minimum atomic E-state index is 0.940. The molecule has 16 atom stereocenters. The van der Waals surface area contributed by atoms with E-state index in [9.17, 15) is 0 Å². The zero-order chi connectivity index (χ0) is 51.3. The van der Waals surface area contributed by atoms with Crippen LogP contribution in [0.15, 0.2) is 36.5 Å². The van der Waals surface area contributed by atoms with Gasteiger partial charge in [0.1, 0.15) is 0 Å². The largest absolute Gasteiger partial charge is 0.0851 e. The first-order chi connectivity index (χ1) is 35.9. The minimum absolute atomic E-state index is 0.940. The fourth-order valence-corrected chi connectivity index (χ4v) is 22.1. The highest BCUT2D eigenvalue weighted by atomic mass is 14.5. The Bertz CT molecular complexity index is 1650. The van der Waals surface area contributed by atoms with Gasteiger partial charge in [-0.15, -0.1) is 0 Å². The summed E-state index contributed by atoms with van der Waals surface area (Å²) in [6.07, 6.45) is 66.5. The van der Waals surface area contributed by atoms with Crippen molar-refractivity contribution in [1.29, 1.82) is 0 Å². The van der Waals surface area contributed by atoms with E-state index in [1.165, 1.54) is 116 Å². The fourth-order valence-electron chi connectivity index (χ4n) is 22.1. The maximum atomic E-state index is 2.51. The molecule has 0 N–H and O–H groups in total. The van der Waals surface area contributed by atoms with Crippen molar-refractivity contribution in [1.82, 2.24) is 0 Å². The molecule has 0 aromatic heterocycles. The molecule has 16 fully saturated rings. The summed E-state index contributed by atoms with van der Waals surface area (Å²) in [7, 11) is 0. The van der Waals surface area contributed by atoms with E-state index >= 15 is 0 Å². The smallest absolute Gasteiger partial charge is 0.0202 e. The molecule has 16 unspecified atom stereocenters. The highest BCUT2D eigenvalue weighted by Crippen LogP contribution is 2.56. The molecule has 0 heterocycles. The number of allylic oxidation sites excluding steroid dienone is 6. The fraction of sp³-hybridized carbons (Fsp3) is 0.919. The summed E-state index contributed by atoms with van der Waals surface area (Å²) < 4.78 is 0. The van der Waals surface area contributed by atoms with E-state index in [0.29, 0.717) is 0 Å². The third-order valence-electron chi connectivity index (χ3n) is 27.1. The Kier molecular flexibility index (Phi) is 20.4. The Morgan fingerprint density at radius 3 is 1.03 bits per heavy atom. The number of hydrogen-bond acceptors (Lipinski definition) is 0. The maximum absolute atomic E-state index is 2.51. The van der Waals surface area contributed by atoms with Crippen molar-refractivity contribution in [3.63, 3.8) is 0 Å². The average molecular weight is 1010 g/mol. The summed E-state index contributed by atoms with van der Waals surface area (Å²) in [5.74, 6) is 27.7. The summed E-state index contributed by atoms with van der Waals surface area (Å²) in [4.78, 5) is 0. The monoisotopic (exact) mass is 1010 g/mol. The summed E-state index contributed by atoms with van der Waals surface area (Å²) in [5.41, 5.74) is 0. The van der Waals surface area contributed by atoms with E-state index in [1.807, 2.05) is 0 Å². The molecule has 0 aliphatic heterocycles. The topological polar surface area (TPSA) is 0 Å². The van der Waals surface area contributed by atoms with Crippen molar-refractivity contribution in [2.75, 3.05) is 0 Å². The summed E-state index contributed by atoms with van der Waals surface area (Å²) in [6, 6.07) is 0. The van der Waals surface area contributed by atoms with Gasteiger partial charge in [0.2, 0.25) is 0 Å². The van der Waals surface area contributed by atoms with Crippen LogP contribution in [0.3, 0.4) is 0 Å². The first-order valence-corrected chi connectivity index (χ1v) is 34.9. The normalized spacial score (nSPS) is 50.6. The molecular formula is C74H124. The Labute approximate surface area is 461 Å². The molecule has 21 rings (SSSR count). The number of hydrogen-bond donors (Lipinski definition) is 0. The van der Waals surface area contributed by atoms with Crippen LogP contribution in [-0.2, 0) is 0 Å². The molecule has 74 heavy (non-hydrogen) atoms. The van der Waals surface area contributed by atoms with Crippen molar-refractivity contribution in [3.8, 4) is 0 Å². The molecular weight excluding hydrogens is 889 g/mol. The predicted molar refractivity (Wildman–Crippen MR) is 321 cm³/mol. The third-order valence-corrected chi connectivity index (χ3v) is 27.1. The molecule has 21 aliphatic carbocycles. The molecule has 16 bridgehead atoms. The quantitative estimate of drug-likeness (QED) is 0.212. The first-order valence-electron chi connectivity index (χ1n) is 34.9. The van der Waals surface area contributed by atoms with Gasteiger partial charge in [0, 0.05) is 0 Å². The Balaban J connectivity index is 0.0000000969. The average Bonchev–Trinajstić information content (AvgIpc) is 4.26. The lowest BCUT2D eigenvalue weighted by Crippen LogP contribution is -2.43. The van der Waals surface area contributed by atoms with Gasteiger partial charge in [-0.2, -0.15) is 0 Å². The van der Waals surface area contributed by atoms with Crippen molar-refractivity contribution in [2.45, 2.75) is 274 Å². The van der Waals surface area contributed by atoms with Gasteiger partial charge in [-0.25, -0.2) is 0 Å². The van der Waals surface area contributed by atoms with Crippen LogP contribution < -0.4 is 0 Å². The molecule has 0 radical (unpaired) electrons. The predicted octanol–water partition coefficient (Wildman–Crippen LogP) is 22.2. The second kappa shape index (κ2) is 26.7. The highest BCUT2D eigenvalue weighted by Gasteiger charge is 2.46. The van der Waals surface area contributed by atoms with Gasteiger partial charge in [0.05, 0.1) is 0 Å². The molecule has 0 aromatic carbocycles. The van der Waals surface area contributed by atoms with E-state index in [4.69, 9.17) is 0 Å². The zero-order valence-corrected chi connectivity index (χ0v) is 50.5. The van der Waals surface area contributed by atoms with Crippen LogP contribution in [-0.4, -0.2) is 0 Å². The number of fused-ring (bicyclic) bond motifs is 14. The molecule has 420 valence electrons. The van der Waals surface area contributed by atoms with Crippen LogP contribution in [0.2, 0.25) is 0 Å². The van der Waals surface area contributed by atoms with E-state index < -0.39 is 0 Å². The van der Waals surface area contributed by atoms with Crippen LogP contribution in [0.4, 0.5) is 0 Å². The summed E-state index contributed by atoms with van der Waals surface area (Å²) >= 11 is 0. The van der Waals surface area contributed by atoms with Crippen molar-refractivity contribution in [2.24, 2.45) is 154 Å².